The van der Waals surface area contributed by atoms with Gasteiger partial charge in [-0.3, -0.25) is 0 Å². The van der Waals surface area contributed by atoms with Crippen molar-refractivity contribution < 1.29 is 4.39 Å². The Bertz CT molecular complexity index is 526. The van der Waals surface area contributed by atoms with Crippen LogP contribution >= 0.6 is 0 Å². The number of aryl methyl sites for hydroxylation is 2. The summed E-state index contributed by atoms with van der Waals surface area (Å²) in [7, 11) is 0. The van der Waals surface area contributed by atoms with Crippen molar-refractivity contribution in [2.75, 3.05) is 0 Å². The van der Waals surface area contributed by atoms with Gasteiger partial charge in [0.15, 0.2) is 0 Å². The molecule has 2 nitrogen and oxygen atoms in total. The van der Waals surface area contributed by atoms with E-state index < -0.39 is 0 Å². The summed E-state index contributed by atoms with van der Waals surface area (Å²) in [5.41, 5.74) is 9.42. The number of nitrogens with one attached hydrogen (secondary N) is 1. The highest BCUT2D eigenvalue weighted by molar-refractivity contribution is 5.85. The highest BCUT2D eigenvalue weighted by atomic mass is 19.1. The fraction of sp³-hybridized carbons (Fsp3) is 0.385. The lowest BCUT2D eigenvalue weighted by molar-refractivity contribution is 0.632. The van der Waals surface area contributed by atoms with Gasteiger partial charge in [-0.25, -0.2) is 4.39 Å². The molecule has 0 amide bonds. The highest BCUT2D eigenvalue weighted by Gasteiger charge is 2.10. The van der Waals surface area contributed by atoms with E-state index in [-0.39, 0.29) is 11.9 Å². The van der Waals surface area contributed by atoms with Gasteiger partial charge in [-0.15, -0.1) is 0 Å². The molecular formula is C13H17FN2. The van der Waals surface area contributed by atoms with Crippen molar-refractivity contribution in [3.8, 4) is 0 Å². The van der Waals surface area contributed by atoms with E-state index in [1.54, 1.807) is 6.07 Å². The Labute approximate surface area is 94.7 Å². The van der Waals surface area contributed by atoms with Crippen molar-refractivity contribution in [3.05, 3.63) is 34.8 Å². The molecule has 0 bridgehead atoms. The number of hydrogen-bond donors (Lipinski definition) is 2. The molecule has 86 valence electrons. The second-order valence-electron chi connectivity index (χ2n) is 4.56. The van der Waals surface area contributed by atoms with Gasteiger partial charge < -0.3 is 10.7 Å². The van der Waals surface area contributed by atoms with E-state index in [1.807, 2.05) is 26.8 Å². The molecule has 2 aromatic rings. The van der Waals surface area contributed by atoms with Crippen LogP contribution in [0.5, 0.6) is 0 Å². The number of nitrogens with two attached hydrogens (primary N) is 1. The number of fused-ring (bicyclic) bond motifs is 1. The SMILES string of the molecule is Cc1[nH]c2c(F)cc(CC(C)N)cc2c1C. The third kappa shape index (κ3) is 1.83. The number of halogens is 1. The predicted molar refractivity (Wildman–Crippen MR) is 65.1 cm³/mol. The maximum Gasteiger partial charge on any atom is 0.147 e. The molecule has 1 aromatic carbocycles. The zero-order valence-electron chi connectivity index (χ0n) is 9.89. The lowest BCUT2D eigenvalue weighted by Crippen LogP contribution is -2.17. The van der Waals surface area contributed by atoms with Crippen molar-refractivity contribution in [1.82, 2.24) is 4.98 Å². The maximum atomic E-state index is 13.8. The molecule has 0 aliphatic heterocycles. The van der Waals surface area contributed by atoms with E-state index in [1.165, 1.54) is 0 Å². The number of aromatic amines is 1. The molecule has 1 aromatic heterocycles. The fourth-order valence-electron chi connectivity index (χ4n) is 2.06. The maximum absolute atomic E-state index is 13.8. The quantitative estimate of drug-likeness (QED) is 0.802. The molecule has 16 heavy (non-hydrogen) atoms. The van der Waals surface area contributed by atoms with E-state index in [0.717, 1.165) is 22.2 Å². The van der Waals surface area contributed by atoms with Gasteiger partial charge in [0.2, 0.25) is 0 Å². The Morgan fingerprint density at radius 3 is 2.69 bits per heavy atom. The minimum Gasteiger partial charge on any atom is -0.356 e. The van der Waals surface area contributed by atoms with Crippen LogP contribution in [-0.2, 0) is 6.42 Å². The van der Waals surface area contributed by atoms with Gasteiger partial charge in [-0.1, -0.05) is 0 Å². The number of benzene rings is 1. The average molecular weight is 220 g/mol. The Morgan fingerprint density at radius 1 is 1.38 bits per heavy atom. The Morgan fingerprint density at radius 2 is 2.06 bits per heavy atom. The van der Waals surface area contributed by atoms with Crippen LogP contribution in [-0.4, -0.2) is 11.0 Å². The summed E-state index contributed by atoms with van der Waals surface area (Å²) in [4.78, 5) is 3.07. The highest BCUT2D eigenvalue weighted by Crippen LogP contribution is 2.25. The molecule has 0 radical (unpaired) electrons. The van der Waals surface area contributed by atoms with Crippen molar-refractivity contribution in [3.63, 3.8) is 0 Å². The van der Waals surface area contributed by atoms with Gasteiger partial charge in [0, 0.05) is 17.1 Å². The van der Waals surface area contributed by atoms with Gasteiger partial charge in [0.25, 0.3) is 0 Å². The molecule has 1 atom stereocenters. The van der Waals surface area contributed by atoms with Gasteiger partial charge in [-0.05, 0) is 50.5 Å². The fourth-order valence-corrected chi connectivity index (χ4v) is 2.06. The number of H-pyrrole nitrogens is 1. The van der Waals surface area contributed by atoms with Crippen LogP contribution in [0.1, 0.15) is 23.7 Å². The first-order valence-electron chi connectivity index (χ1n) is 5.52. The molecule has 3 N–H and O–H groups in total. The zero-order valence-corrected chi connectivity index (χ0v) is 9.89. The molecule has 0 fully saturated rings. The van der Waals surface area contributed by atoms with Crippen LogP contribution < -0.4 is 5.73 Å². The Balaban J connectivity index is 2.60. The van der Waals surface area contributed by atoms with Crippen LogP contribution in [0.25, 0.3) is 10.9 Å². The Kier molecular flexibility index (Phi) is 2.72. The number of aromatic nitrogens is 1. The standard InChI is InChI=1S/C13H17FN2/c1-7(15)4-10-5-11-8(2)9(3)16-13(11)12(14)6-10/h5-7,16H,4,15H2,1-3H3. The van der Waals surface area contributed by atoms with Gasteiger partial charge in [0.1, 0.15) is 5.82 Å². The lowest BCUT2D eigenvalue weighted by Gasteiger charge is -2.06. The summed E-state index contributed by atoms with van der Waals surface area (Å²) in [6.07, 6.45) is 0.705. The summed E-state index contributed by atoms with van der Waals surface area (Å²) < 4.78 is 13.8. The van der Waals surface area contributed by atoms with Crippen molar-refractivity contribution in [2.24, 2.45) is 5.73 Å². The van der Waals surface area contributed by atoms with Gasteiger partial charge >= 0.3 is 0 Å². The third-order valence-electron chi connectivity index (χ3n) is 2.99. The molecule has 0 saturated heterocycles. The normalized spacial score (nSPS) is 13.3. The first-order valence-corrected chi connectivity index (χ1v) is 5.52. The monoisotopic (exact) mass is 220 g/mol. The topological polar surface area (TPSA) is 41.8 Å². The van der Waals surface area contributed by atoms with E-state index in [0.29, 0.717) is 11.9 Å². The molecule has 0 saturated carbocycles. The molecule has 2 rings (SSSR count). The summed E-state index contributed by atoms with van der Waals surface area (Å²) in [5.74, 6) is -0.190. The number of hydrogen-bond acceptors (Lipinski definition) is 1. The lowest BCUT2D eigenvalue weighted by atomic mass is 10.0. The largest absolute Gasteiger partial charge is 0.356 e. The van der Waals surface area contributed by atoms with Gasteiger partial charge in [0.05, 0.1) is 5.52 Å². The minimum absolute atomic E-state index is 0.0530. The summed E-state index contributed by atoms with van der Waals surface area (Å²) in [5, 5.41) is 0.966. The average Bonchev–Trinajstić information content (AvgIpc) is 2.45. The number of rotatable bonds is 2. The van der Waals surface area contributed by atoms with Crippen LogP contribution in [0.2, 0.25) is 0 Å². The molecular weight excluding hydrogens is 203 g/mol. The first-order chi connectivity index (χ1) is 7.49. The Hall–Kier alpha value is -1.35. The van der Waals surface area contributed by atoms with Crippen LogP contribution in [0, 0.1) is 19.7 Å². The van der Waals surface area contributed by atoms with Crippen LogP contribution in [0.15, 0.2) is 12.1 Å². The second-order valence-corrected chi connectivity index (χ2v) is 4.56. The first kappa shape index (κ1) is 11.1. The molecule has 1 heterocycles. The van der Waals surface area contributed by atoms with Crippen molar-refractivity contribution in [1.29, 1.82) is 0 Å². The zero-order chi connectivity index (χ0) is 11.9. The minimum atomic E-state index is -0.190. The molecule has 3 heteroatoms. The van der Waals surface area contributed by atoms with E-state index in [2.05, 4.69) is 4.98 Å². The third-order valence-corrected chi connectivity index (χ3v) is 2.99. The molecule has 1 unspecified atom stereocenters. The molecule has 0 aliphatic carbocycles. The van der Waals surface area contributed by atoms with Crippen molar-refractivity contribution >= 4 is 10.9 Å². The predicted octanol–water partition coefficient (Wildman–Crippen LogP) is 2.81. The van der Waals surface area contributed by atoms with E-state index in [9.17, 15) is 4.39 Å². The molecule has 0 aliphatic rings. The van der Waals surface area contributed by atoms with Crippen molar-refractivity contribution in [2.45, 2.75) is 33.2 Å². The second kappa shape index (κ2) is 3.91. The van der Waals surface area contributed by atoms with E-state index >= 15 is 0 Å². The summed E-state index contributed by atoms with van der Waals surface area (Å²) >= 11 is 0. The molecule has 0 spiro atoms. The smallest absolute Gasteiger partial charge is 0.147 e. The van der Waals surface area contributed by atoms with Crippen LogP contribution in [0.3, 0.4) is 0 Å². The summed E-state index contributed by atoms with van der Waals surface area (Å²) in [6.45, 7) is 5.89. The summed E-state index contributed by atoms with van der Waals surface area (Å²) in [6, 6.07) is 3.65. The van der Waals surface area contributed by atoms with Gasteiger partial charge in [-0.2, -0.15) is 0 Å². The van der Waals surface area contributed by atoms with E-state index in [4.69, 9.17) is 5.73 Å². The van der Waals surface area contributed by atoms with Crippen LogP contribution in [0.4, 0.5) is 4.39 Å².